The highest BCUT2D eigenvalue weighted by molar-refractivity contribution is 6.33. The van der Waals surface area contributed by atoms with Crippen LogP contribution in [0.1, 0.15) is 5.56 Å². The van der Waals surface area contributed by atoms with Gasteiger partial charge in [0.2, 0.25) is 0 Å². The van der Waals surface area contributed by atoms with Crippen molar-refractivity contribution < 1.29 is 9.53 Å². The summed E-state index contributed by atoms with van der Waals surface area (Å²) in [5, 5.41) is 9.75. The third-order valence-electron chi connectivity index (χ3n) is 1.82. The molecule has 0 atom stereocenters. The number of carbonyl (C=O) groups is 1. The van der Waals surface area contributed by atoms with E-state index in [9.17, 15) is 4.79 Å². The number of halogens is 1. The van der Waals surface area contributed by atoms with Crippen molar-refractivity contribution in [3.05, 3.63) is 28.8 Å². The van der Waals surface area contributed by atoms with Crippen molar-refractivity contribution in [3.63, 3.8) is 0 Å². The van der Waals surface area contributed by atoms with Crippen LogP contribution in [-0.2, 0) is 9.53 Å². The number of ether oxygens (including phenoxy) is 1. The van der Waals surface area contributed by atoms with Gasteiger partial charge in [0.15, 0.2) is 6.73 Å². The normalized spacial score (nSPS) is 10.4. The summed E-state index contributed by atoms with van der Waals surface area (Å²) in [6.45, 7) is 2.30. The molecule has 86 valence electrons. The Morgan fingerprint density at radius 2 is 2.31 bits per heavy atom. The predicted molar refractivity (Wildman–Crippen MR) is 60.5 cm³/mol. The number of nitrogens with zero attached hydrogens (tertiary/aromatic N) is 3. The lowest BCUT2D eigenvalue weighted by Crippen LogP contribution is -2.13. The molecular weight excluding hydrogens is 230 g/mol. The van der Waals surface area contributed by atoms with Crippen LogP contribution < -0.4 is 0 Å². The topological polar surface area (TPSA) is 54.3 Å². The van der Waals surface area contributed by atoms with Crippen molar-refractivity contribution in [1.82, 2.24) is 5.01 Å². The lowest BCUT2D eigenvalue weighted by molar-refractivity contribution is -0.132. The highest BCUT2D eigenvalue weighted by Gasteiger charge is 2.02. The largest absolute Gasteiger partial charge is 0.445 e. The summed E-state index contributed by atoms with van der Waals surface area (Å²) in [5.41, 5.74) is 1.54. The van der Waals surface area contributed by atoms with E-state index >= 15 is 0 Å². The second-order valence-corrected chi connectivity index (χ2v) is 3.55. The maximum absolute atomic E-state index is 9.95. The summed E-state index contributed by atoms with van der Waals surface area (Å²) in [6, 6.07) is 5.48. The van der Waals surface area contributed by atoms with E-state index in [0.29, 0.717) is 17.2 Å². The minimum absolute atomic E-state index is 0.0521. The molecule has 0 fully saturated rings. The Labute approximate surface area is 98.6 Å². The molecule has 0 saturated carbocycles. The van der Waals surface area contributed by atoms with Crippen molar-refractivity contribution in [2.24, 2.45) is 10.3 Å². The number of rotatable bonds is 5. The van der Waals surface area contributed by atoms with Crippen molar-refractivity contribution in [1.29, 1.82) is 0 Å². The third-order valence-corrected chi connectivity index (χ3v) is 2.12. The molecule has 0 aliphatic rings. The molecule has 0 N–H and O–H groups in total. The van der Waals surface area contributed by atoms with Crippen molar-refractivity contribution >= 4 is 23.8 Å². The zero-order chi connectivity index (χ0) is 12.0. The number of carbonyl (C=O) groups excluding carboxylic acids is 1. The lowest BCUT2D eigenvalue weighted by Gasteiger charge is -2.09. The minimum atomic E-state index is 0.0521. The van der Waals surface area contributed by atoms with E-state index in [1.54, 1.807) is 13.1 Å². The molecule has 0 radical (unpaired) electrons. The molecule has 0 unspecified atom stereocenters. The molecule has 6 heteroatoms. The molecule has 16 heavy (non-hydrogen) atoms. The van der Waals surface area contributed by atoms with Gasteiger partial charge in [0.25, 0.3) is 6.47 Å². The fraction of sp³-hybridized carbons (Fsp3) is 0.300. The minimum Gasteiger partial charge on any atom is -0.445 e. The Morgan fingerprint density at radius 3 is 2.94 bits per heavy atom. The van der Waals surface area contributed by atoms with E-state index in [0.717, 1.165) is 5.56 Å². The first-order chi connectivity index (χ1) is 7.65. The first-order valence-electron chi connectivity index (χ1n) is 4.58. The van der Waals surface area contributed by atoms with Crippen LogP contribution in [0.5, 0.6) is 0 Å². The van der Waals surface area contributed by atoms with Gasteiger partial charge in [-0.3, -0.25) is 4.79 Å². The summed E-state index contributed by atoms with van der Waals surface area (Å²) in [4.78, 5) is 9.95. The third kappa shape index (κ3) is 3.51. The molecule has 0 aromatic heterocycles. The molecule has 0 bridgehead atoms. The van der Waals surface area contributed by atoms with Gasteiger partial charge in [-0.25, -0.2) is 5.01 Å². The van der Waals surface area contributed by atoms with E-state index in [-0.39, 0.29) is 6.73 Å². The van der Waals surface area contributed by atoms with Crippen LogP contribution in [0.25, 0.3) is 0 Å². The summed E-state index contributed by atoms with van der Waals surface area (Å²) < 4.78 is 4.50. The second kappa shape index (κ2) is 6.07. The van der Waals surface area contributed by atoms with Gasteiger partial charge in [0.1, 0.15) is 5.69 Å². The summed E-state index contributed by atoms with van der Waals surface area (Å²) in [5.74, 6) is 0. The zero-order valence-corrected chi connectivity index (χ0v) is 9.81. The Morgan fingerprint density at radius 1 is 1.56 bits per heavy atom. The van der Waals surface area contributed by atoms with Crippen molar-refractivity contribution in [2.75, 3.05) is 13.8 Å². The van der Waals surface area contributed by atoms with Crippen LogP contribution in [0.3, 0.4) is 0 Å². The van der Waals surface area contributed by atoms with E-state index in [4.69, 9.17) is 11.6 Å². The lowest BCUT2D eigenvalue weighted by atomic mass is 10.2. The zero-order valence-electron chi connectivity index (χ0n) is 9.05. The molecule has 1 rings (SSSR count). The summed E-state index contributed by atoms with van der Waals surface area (Å²) in [7, 11) is 1.64. The highest BCUT2D eigenvalue weighted by Crippen LogP contribution is 2.28. The van der Waals surface area contributed by atoms with Crippen LogP contribution >= 0.6 is 11.6 Å². The van der Waals surface area contributed by atoms with E-state index in [2.05, 4.69) is 15.1 Å². The average molecular weight is 242 g/mol. The number of hydrogen-bond acceptors (Lipinski definition) is 4. The van der Waals surface area contributed by atoms with Gasteiger partial charge in [-0.05, 0) is 18.6 Å². The SMILES string of the molecule is Cc1cccc(Cl)c1N=NN(C)COC=O. The second-order valence-electron chi connectivity index (χ2n) is 3.14. The Kier molecular flexibility index (Phi) is 4.72. The maximum Gasteiger partial charge on any atom is 0.294 e. The standard InChI is InChI=1S/C10H12ClN3O2/c1-8-4-3-5-9(11)10(8)12-13-14(2)6-16-7-15/h3-5,7H,6H2,1-2H3. The van der Waals surface area contributed by atoms with Gasteiger partial charge >= 0.3 is 0 Å². The quantitative estimate of drug-likeness (QED) is 0.345. The Balaban J connectivity index is 2.72. The molecule has 0 heterocycles. The van der Waals surface area contributed by atoms with Crippen LogP contribution in [0.4, 0.5) is 5.69 Å². The smallest absolute Gasteiger partial charge is 0.294 e. The molecule has 0 aliphatic carbocycles. The van der Waals surface area contributed by atoms with Crippen LogP contribution in [0.2, 0.25) is 5.02 Å². The monoisotopic (exact) mass is 241 g/mol. The molecule has 0 spiro atoms. The molecule has 0 aliphatic heterocycles. The molecule has 1 aromatic rings. The van der Waals surface area contributed by atoms with Crippen molar-refractivity contribution in [3.8, 4) is 0 Å². The van der Waals surface area contributed by atoms with Gasteiger partial charge in [0, 0.05) is 7.05 Å². The number of benzene rings is 1. The number of aryl methyl sites for hydroxylation is 1. The van der Waals surface area contributed by atoms with Gasteiger partial charge in [-0.1, -0.05) is 29.0 Å². The predicted octanol–water partition coefficient (Wildman–Crippen LogP) is 2.71. The van der Waals surface area contributed by atoms with E-state index < -0.39 is 0 Å². The Bertz CT molecular complexity index is 375. The fourth-order valence-electron chi connectivity index (χ4n) is 1.03. The van der Waals surface area contributed by atoms with Gasteiger partial charge < -0.3 is 4.74 Å². The van der Waals surface area contributed by atoms with Gasteiger partial charge in [0.05, 0.1) is 5.02 Å². The molecule has 0 saturated heterocycles. The van der Waals surface area contributed by atoms with E-state index in [1.807, 2.05) is 19.1 Å². The highest BCUT2D eigenvalue weighted by atomic mass is 35.5. The molecule has 1 aromatic carbocycles. The first-order valence-corrected chi connectivity index (χ1v) is 4.96. The van der Waals surface area contributed by atoms with Crippen LogP contribution in [0, 0.1) is 6.92 Å². The van der Waals surface area contributed by atoms with Crippen molar-refractivity contribution in [2.45, 2.75) is 6.92 Å². The average Bonchev–Trinajstić information content (AvgIpc) is 2.25. The van der Waals surface area contributed by atoms with E-state index in [1.165, 1.54) is 5.01 Å². The molecular formula is C10H12ClN3O2. The first kappa shape index (κ1) is 12.4. The fourth-order valence-corrected chi connectivity index (χ4v) is 1.29. The van der Waals surface area contributed by atoms with Gasteiger partial charge in [-0.15, -0.1) is 5.11 Å². The molecule has 5 nitrogen and oxygen atoms in total. The maximum atomic E-state index is 9.95. The molecule has 0 amide bonds. The van der Waals surface area contributed by atoms with Crippen LogP contribution in [-0.4, -0.2) is 25.3 Å². The van der Waals surface area contributed by atoms with Crippen LogP contribution in [0.15, 0.2) is 28.5 Å². The summed E-state index contributed by atoms with van der Waals surface area (Å²) >= 11 is 5.96. The van der Waals surface area contributed by atoms with Gasteiger partial charge in [-0.2, -0.15) is 0 Å². The summed E-state index contributed by atoms with van der Waals surface area (Å²) in [6.07, 6.45) is 0. The Hall–Kier alpha value is -1.62. The number of hydrogen-bond donors (Lipinski definition) is 0.